The molecule has 1 fully saturated rings. The lowest BCUT2D eigenvalue weighted by Gasteiger charge is -2.28. The standard InChI is InChI=1S/C19H30N2O4/c1-6-7-9-13(2)12-16(19(23)25-5)21-18(22)14(3)17(24-4)15-10-8-11-20-15/h6-7,9,14-17,20H,1-2,8,10-12H2,3-5H3,(H,21,22)/b9-7-. The van der Waals surface area contributed by atoms with Gasteiger partial charge in [0.1, 0.15) is 6.04 Å². The Hall–Kier alpha value is -1.92. The monoisotopic (exact) mass is 350 g/mol. The molecule has 4 atom stereocenters. The molecule has 1 rings (SSSR count). The maximum absolute atomic E-state index is 12.6. The first-order chi connectivity index (χ1) is 11.9. The molecule has 140 valence electrons. The maximum Gasteiger partial charge on any atom is 0.328 e. The second-order valence-electron chi connectivity index (χ2n) is 6.23. The summed E-state index contributed by atoms with van der Waals surface area (Å²) in [5.74, 6) is -1.14. The average molecular weight is 350 g/mol. The molecular weight excluding hydrogens is 320 g/mol. The summed E-state index contributed by atoms with van der Waals surface area (Å²) in [5, 5.41) is 6.13. The highest BCUT2D eigenvalue weighted by Crippen LogP contribution is 2.19. The zero-order valence-corrected chi connectivity index (χ0v) is 15.4. The van der Waals surface area contributed by atoms with Crippen molar-refractivity contribution < 1.29 is 19.1 Å². The number of ether oxygens (including phenoxy) is 2. The van der Waals surface area contributed by atoms with Gasteiger partial charge in [0.2, 0.25) is 5.91 Å². The molecule has 25 heavy (non-hydrogen) atoms. The SMILES string of the molecule is C=C/C=C\C(=C)CC(NC(=O)C(C)C(OC)C1CCCN1)C(=O)OC. The van der Waals surface area contributed by atoms with Gasteiger partial charge in [0.25, 0.3) is 0 Å². The zero-order chi connectivity index (χ0) is 18.8. The summed E-state index contributed by atoms with van der Waals surface area (Å²) in [4.78, 5) is 24.6. The van der Waals surface area contributed by atoms with Gasteiger partial charge in [-0.2, -0.15) is 0 Å². The largest absolute Gasteiger partial charge is 0.467 e. The van der Waals surface area contributed by atoms with Crippen molar-refractivity contribution in [1.82, 2.24) is 10.6 Å². The molecule has 0 aromatic rings. The predicted octanol–water partition coefficient (Wildman–Crippen LogP) is 1.74. The van der Waals surface area contributed by atoms with E-state index in [1.54, 1.807) is 25.3 Å². The minimum Gasteiger partial charge on any atom is -0.467 e. The maximum atomic E-state index is 12.6. The normalized spacial score (nSPS) is 20.7. The van der Waals surface area contributed by atoms with Crippen molar-refractivity contribution in [2.24, 2.45) is 5.92 Å². The minimum absolute atomic E-state index is 0.146. The number of carbonyl (C=O) groups is 2. The van der Waals surface area contributed by atoms with Crippen LogP contribution in [-0.4, -0.2) is 50.8 Å². The van der Waals surface area contributed by atoms with Crippen molar-refractivity contribution in [3.8, 4) is 0 Å². The van der Waals surface area contributed by atoms with Gasteiger partial charge in [-0.3, -0.25) is 4.79 Å². The molecule has 6 nitrogen and oxygen atoms in total. The molecular formula is C19H30N2O4. The van der Waals surface area contributed by atoms with E-state index in [2.05, 4.69) is 23.8 Å². The van der Waals surface area contributed by atoms with Gasteiger partial charge < -0.3 is 20.1 Å². The van der Waals surface area contributed by atoms with Crippen LogP contribution in [0.15, 0.2) is 37.0 Å². The molecule has 6 heteroatoms. The third-order valence-corrected chi connectivity index (χ3v) is 4.41. The number of rotatable bonds is 10. The Labute approximate surface area is 150 Å². The molecule has 0 spiro atoms. The molecule has 2 N–H and O–H groups in total. The van der Waals surface area contributed by atoms with Crippen LogP contribution in [0.4, 0.5) is 0 Å². The van der Waals surface area contributed by atoms with Gasteiger partial charge in [-0.05, 0) is 19.4 Å². The Kier molecular flexibility index (Phi) is 9.16. The van der Waals surface area contributed by atoms with Gasteiger partial charge >= 0.3 is 5.97 Å². The third kappa shape index (κ3) is 6.48. The Morgan fingerprint density at radius 2 is 2.12 bits per heavy atom. The van der Waals surface area contributed by atoms with Crippen molar-refractivity contribution in [3.05, 3.63) is 37.0 Å². The summed E-state index contributed by atoms with van der Waals surface area (Å²) >= 11 is 0. The smallest absolute Gasteiger partial charge is 0.328 e. The summed E-state index contributed by atoms with van der Waals surface area (Å²) in [7, 11) is 2.90. The van der Waals surface area contributed by atoms with Crippen LogP contribution in [0, 0.1) is 5.92 Å². The fraction of sp³-hybridized carbons (Fsp3) is 0.579. The van der Waals surface area contributed by atoms with Crippen LogP contribution < -0.4 is 10.6 Å². The fourth-order valence-electron chi connectivity index (χ4n) is 3.03. The number of methoxy groups -OCH3 is 2. The molecule has 0 saturated carbocycles. The summed E-state index contributed by atoms with van der Waals surface area (Å²) in [5.41, 5.74) is 0.698. The van der Waals surface area contributed by atoms with E-state index < -0.39 is 17.9 Å². The summed E-state index contributed by atoms with van der Waals surface area (Å²) < 4.78 is 10.3. The number of amides is 1. The van der Waals surface area contributed by atoms with E-state index in [1.165, 1.54) is 7.11 Å². The van der Waals surface area contributed by atoms with Crippen molar-refractivity contribution >= 4 is 11.9 Å². The highest BCUT2D eigenvalue weighted by molar-refractivity contribution is 5.86. The van der Waals surface area contributed by atoms with Crippen LogP contribution in [0.2, 0.25) is 0 Å². The third-order valence-electron chi connectivity index (χ3n) is 4.41. The molecule has 1 aliphatic heterocycles. The minimum atomic E-state index is -0.782. The van der Waals surface area contributed by atoms with Crippen LogP contribution in [0.1, 0.15) is 26.2 Å². The van der Waals surface area contributed by atoms with Crippen molar-refractivity contribution in [2.75, 3.05) is 20.8 Å². The summed E-state index contributed by atoms with van der Waals surface area (Å²) in [6.45, 7) is 10.2. The summed E-state index contributed by atoms with van der Waals surface area (Å²) in [6, 6.07) is -0.635. The molecule has 4 unspecified atom stereocenters. The Morgan fingerprint density at radius 3 is 2.64 bits per heavy atom. The van der Waals surface area contributed by atoms with E-state index in [0.717, 1.165) is 19.4 Å². The van der Waals surface area contributed by atoms with Crippen molar-refractivity contribution in [3.63, 3.8) is 0 Å². The number of esters is 1. The number of nitrogens with one attached hydrogen (secondary N) is 2. The molecule has 1 heterocycles. The lowest BCUT2D eigenvalue weighted by molar-refractivity contribution is -0.146. The Morgan fingerprint density at radius 1 is 1.40 bits per heavy atom. The van der Waals surface area contributed by atoms with Gasteiger partial charge in [0.15, 0.2) is 0 Å². The van der Waals surface area contributed by atoms with E-state index in [1.807, 2.05) is 6.92 Å². The molecule has 0 bridgehead atoms. The molecule has 0 radical (unpaired) electrons. The molecule has 1 aliphatic rings. The van der Waals surface area contributed by atoms with Gasteiger partial charge in [-0.15, -0.1) is 0 Å². The van der Waals surface area contributed by atoms with Crippen LogP contribution in [-0.2, 0) is 19.1 Å². The van der Waals surface area contributed by atoms with E-state index in [-0.39, 0.29) is 24.5 Å². The quantitative estimate of drug-likeness (QED) is 0.464. The topological polar surface area (TPSA) is 76.7 Å². The lowest BCUT2D eigenvalue weighted by atomic mass is 9.95. The van der Waals surface area contributed by atoms with Crippen LogP contribution in [0.25, 0.3) is 0 Å². The van der Waals surface area contributed by atoms with Gasteiger partial charge in [-0.25, -0.2) is 4.79 Å². The van der Waals surface area contributed by atoms with E-state index in [4.69, 9.17) is 9.47 Å². The highest BCUT2D eigenvalue weighted by atomic mass is 16.5. The first kappa shape index (κ1) is 21.1. The van der Waals surface area contributed by atoms with E-state index in [9.17, 15) is 9.59 Å². The average Bonchev–Trinajstić information content (AvgIpc) is 3.13. The van der Waals surface area contributed by atoms with Crippen LogP contribution in [0.3, 0.4) is 0 Å². The lowest BCUT2D eigenvalue weighted by Crippen LogP contribution is -2.50. The van der Waals surface area contributed by atoms with E-state index >= 15 is 0 Å². The Balaban J connectivity index is 2.74. The number of hydrogen-bond acceptors (Lipinski definition) is 5. The molecule has 1 amide bonds. The number of allylic oxidation sites excluding steroid dienone is 3. The predicted molar refractivity (Wildman–Crippen MR) is 98.0 cm³/mol. The molecule has 1 saturated heterocycles. The summed E-state index contributed by atoms with van der Waals surface area (Å²) in [6.07, 6.45) is 7.17. The van der Waals surface area contributed by atoms with E-state index in [0.29, 0.717) is 5.57 Å². The van der Waals surface area contributed by atoms with Crippen LogP contribution in [0.5, 0.6) is 0 Å². The second kappa shape index (κ2) is 10.8. The van der Waals surface area contributed by atoms with Gasteiger partial charge in [0, 0.05) is 19.6 Å². The Bertz CT molecular complexity index is 510. The van der Waals surface area contributed by atoms with Crippen molar-refractivity contribution in [1.29, 1.82) is 0 Å². The number of carbonyl (C=O) groups excluding carboxylic acids is 2. The second-order valence-corrected chi connectivity index (χ2v) is 6.23. The highest BCUT2D eigenvalue weighted by Gasteiger charge is 2.34. The number of hydrogen-bond donors (Lipinski definition) is 2. The zero-order valence-electron chi connectivity index (χ0n) is 15.4. The van der Waals surface area contributed by atoms with Crippen molar-refractivity contribution in [2.45, 2.75) is 44.4 Å². The van der Waals surface area contributed by atoms with Gasteiger partial charge in [-0.1, -0.05) is 43.9 Å². The van der Waals surface area contributed by atoms with Crippen LogP contribution >= 0.6 is 0 Å². The molecule has 0 aliphatic carbocycles. The van der Waals surface area contributed by atoms with Gasteiger partial charge in [0.05, 0.1) is 19.1 Å². The molecule has 0 aromatic carbocycles. The first-order valence-corrected chi connectivity index (χ1v) is 8.55. The molecule has 0 aromatic heterocycles. The fourth-order valence-corrected chi connectivity index (χ4v) is 3.03. The first-order valence-electron chi connectivity index (χ1n) is 8.55.